The molecule has 17 heavy (non-hydrogen) atoms. The maximum absolute atomic E-state index is 11.6. The molecule has 0 atom stereocenters. The lowest BCUT2D eigenvalue weighted by molar-refractivity contribution is 0.0527. The number of aromatic nitrogens is 1. The minimum Gasteiger partial charge on any atom is -0.462 e. The minimum absolute atomic E-state index is 0.339. The molecule has 3 N–H and O–H groups in total. The van der Waals surface area contributed by atoms with Crippen LogP contribution in [0.3, 0.4) is 0 Å². The second kappa shape index (κ2) is 5.03. The number of hydrogen-bond donors (Lipinski definition) is 2. The van der Waals surface area contributed by atoms with Crippen LogP contribution in [0.1, 0.15) is 36.5 Å². The van der Waals surface area contributed by atoms with Crippen molar-refractivity contribution in [3.63, 3.8) is 0 Å². The van der Waals surface area contributed by atoms with E-state index in [2.05, 4.69) is 10.3 Å². The molecule has 1 aliphatic carbocycles. The van der Waals surface area contributed by atoms with Gasteiger partial charge in [0.15, 0.2) is 0 Å². The van der Waals surface area contributed by atoms with Gasteiger partial charge in [-0.15, -0.1) is 0 Å². The van der Waals surface area contributed by atoms with Gasteiger partial charge in [-0.2, -0.15) is 0 Å². The normalized spacial score (nSPS) is 15.1. The molecular formula is C12H17N3O2. The summed E-state index contributed by atoms with van der Waals surface area (Å²) in [5.41, 5.74) is 6.67. The van der Waals surface area contributed by atoms with Crippen molar-refractivity contribution in [2.45, 2.75) is 32.2 Å². The Balaban J connectivity index is 2.16. The zero-order valence-corrected chi connectivity index (χ0v) is 9.90. The van der Waals surface area contributed by atoms with Crippen molar-refractivity contribution in [3.8, 4) is 0 Å². The van der Waals surface area contributed by atoms with E-state index in [9.17, 15) is 4.79 Å². The Labute approximate surface area is 100 Å². The van der Waals surface area contributed by atoms with E-state index in [-0.39, 0.29) is 0 Å². The lowest BCUT2D eigenvalue weighted by Crippen LogP contribution is -2.28. The first-order valence-corrected chi connectivity index (χ1v) is 5.90. The topological polar surface area (TPSA) is 77.2 Å². The number of ether oxygens (including phenoxy) is 1. The lowest BCUT2D eigenvalue weighted by atomic mass is 9.93. The molecule has 0 aromatic carbocycles. The summed E-state index contributed by atoms with van der Waals surface area (Å²) in [5.74, 6) is 0.185. The van der Waals surface area contributed by atoms with Crippen LogP contribution in [0.4, 0.5) is 11.5 Å². The van der Waals surface area contributed by atoms with Gasteiger partial charge in [0.05, 0.1) is 17.9 Å². The molecule has 5 nitrogen and oxygen atoms in total. The molecule has 0 radical (unpaired) electrons. The van der Waals surface area contributed by atoms with Crippen LogP contribution in [0, 0.1) is 0 Å². The van der Waals surface area contributed by atoms with E-state index in [0.29, 0.717) is 29.7 Å². The number of hydrogen-bond acceptors (Lipinski definition) is 5. The van der Waals surface area contributed by atoms with E-state index >= 15 is 0 Å². The number of carbonyl (C=O) groups excluding carboxylic acids is 1. The van der Waals surface area contributed by atoms with Gasteiger partial charge in [0.25, 0.3) is 0 Å². The van der Waals surface area contributed by atoms with Gasteiger partial charge in [0.2, 0.25) is 0 Å². The van der Waals surface area contributed by atoms with E-state index in [4.69, 9.17) is 10.5 Å². The first kappa shape index (κ1) is 11.7. The Morgan fingerprint density at radius 1 is 1.65 bits per heavy atom. The third kappa shape index (κ3) is 2.49. The predicted molar refractivity (Wildman–Crippen MR) is 65.9 cm³/mol. The Bertz CT molecular complexity index is 416. The van der Waals surface area contributed by atoms with Crippen LogP contribution < -0.4 is 11.1 Å². The molecule has 1 heterocycles. The van der Waals surface area contributed by atoms with Gasteiger partial charge in [0.1, 0.15) is 5.82 Å². The Kier molecular flexibility index (Phi) is 3.46. The SMILES string of the molecule is CCOC(=O)c1ccnc(NC2CCC2)c1N. The Morgan fingerprint density at radius 3 is 3.00 bits per heavy atom. The number of nitrogen functional groups attached to an aromatic ring is 1. The summed E-state index contributed by atoms with van der Waals surface area (Å²) in [5, 5.41) is 3.24. The summed E-state index contributed by atoms with van der Waals surface area (Å²) in [7, 11) is 0. The van der Waals surface area contributed by atoms with Gasteiger partial charge in [0, 0.05) is 12.2 Å². The van der Waals surface area contributed by atoms with Crippen molar-refractivity contribution in [1.29, 1.82) is 0 Å². The van der Waals surface area contributed by atoms with Crippen molar-refractivity contribution in [2.24, 2.45) is 0 Å². The maximum Gasteiger partial charge on any atom is 0.340 e. The van der Waals surface area contributed by atoms with Crippen molar-refractivity contribution in [3.05, 3.63) is 17.8 Å². The molecule has 92 valence electrons. The standard InChI is InChI=1S/C12H17N3O2/c1-2-17-12(16)9-6-7-14-11(10(9)13)15-8-4-3-5-8/h6-8H,2-5,13H2,1H3,(H,14,15). The smallest absolute Gasteiger partial charge is 0.340 e. The third-order valence-electron chi connectivity index (χ3n) is 2.93. The van der Waals surface area contributed by atoms with Crippen molar-refractivity contribution < 1.29 is 9.53 Å². The zero-order valence-electron chi connectivity index (χ0n) is 9.90. The van der Waals surface area contributed by atoms with Crippen LogP contribution in [0.5, 0.6) is 0 Å². The fourth-order valence-electron chi connectivity index (χ4n) is 1.72. The monoisotopic (exact) mass is 235 g/mol. The zero-order chi connectivity index (χ0) is 12.3. The number of nitrogens with two attached hydrogens (primary N) is 1. The number of anilines is 2. The minimum atomic E-state index is -0.399. The van der Waals surface area contributed by atoms with Crippen LogP contribution in [0.15, 0.2) is 12.3 Å². The fourth-order valence-corrected chi connectivity index (χ4v) is 1.72. The summed E-state index contributed by atoms with van der Waals surface area (Å²) < 4.78 is 4.93. The molecule has 1 aliphatic rings. The first-order chi connectivity index (χ1) is 8.22. The first-order valence-electron chi connectivity index (χ1n) is 5.90. The van der Waals surface area contributed by atoms with Gasteiger partial charge in [-0.25, -0.2) is 9.78 Å². The van der Waals surface area contributed by atoms with Crippen LogP contribution in [-0.4, -0.2) is 23.6 Å². The van der Waals surface area contributed by atoms with E-state index in [0.717, 1.165) is 12.8 Å². The molecule has 1 saturated carbocycles. The molecule has 1 aromatic rings. The van der Waals surface area contributed by atoms with Crippen LogP contribution in [-0.2, 0) is 4.74 Å². The molecule has 0 spiro atoms. The van der Waals surface area contributed by atoms with Gasteiger partial charge in [-0.05, 0) is 32.3 Å². The highest BCUT2D eigenvalue weighted by atomic mass is 16.5. The quantitative estimate of drug-likeness (QED) is 0.778. The molecule has 1 aromatic heterocycles. The van der Waals surface area contributed by atoms with Crippen LogP contribution >= 0.6 is 0 Å². The largest absolute Gasteiger partial charge is 0.462 e. The molecule has 2 rings (SSSR count). The van der Waals surface area contributed by atoms with E-state index < -0.39 is 5.97 Å². The van der Waals surface area contributed by atoms with Crippen molar-refractivity contribution in [1.82, 2.24) is 4.98 Å². The summed E-state index contributed by atoms with van der Waals surface area (Å²) in [6, 6.07) is 2.02. The van der Waals surface area contributed by atoms with E-state index in [1.807, 2.05) is 0 Å². The summed E-state index contributed by atoms with van der Waals surface area (Å²) in [6.07, 6.45) is 5.06. The molecule has 1 fully saturated rings. The Hall–Kier alpha value is -1.78. The van der Waals surface area contributed by atoms with Gasteiger partial charge < -0.3 is 15.8 Å². The van der Waals surface area contributed by atoms with E-state index in [1.54, 1.807) is 19.2 Å². The molecular weight excluding hydrogens is 218 g/mol. The summed E-state index contributed by atoms with van der Waals surface area (Å²) >= 11 is 0. The Morgan fingerprint density at radius 2 is 2.41 bits per heavy atom. The second-order valence-electron chi connectivity index (χ2n) is 4.11. The number of esters is 1. The maximum atomic E-state index is 11.6. The highest BCUT2D eigenvalue weighted by molar-refractivity contribution is 5.97. The highest BCUT2D eigenvalue weighted by Crippen LogP contribution is 2.27. The van der Waals surface area contributed by atoms with Crippen LogP contribution in [0.25, 0.3) is 0 Å². The number of nitrogens with zero attached hydrogens (tertiary/aromatic N) is 1. The second-order valence-corrected chi connectivity index (χ2v) is 4.11. The van der Waals surface area contributed by atoms with Gasteiger partial charge in [-0.1, -0.05) is 0 Å². The number of pyridine rings is 1. The molecule has 0 bridgehead atoms. The van der Waals surface area contributed by atoms with Crippen molar-refractivity contribution in [2.75, 3.05) is 17.7 Å². The molecule has 0 aliphatic heterocycles. The predicted octanol–water partition coefficient (Wildman–Crippen LogP) is 1.80. The number of nitrogens with one attached hydrogen (secondary N) is 1. The summed E-state index contributed by atoms with van der Waals surface area (Å²) in [6.45, 7) is 2.11. The average Bonchev–Trinajstić information content (AvgIpc) is 2.25. The van der Waals surface area contributed by atoms with E-state index in [1.165, 1.54) is 6.42 Å². The van der Waals surface area contributed by atoms with Gasteiger partial charge >= 0.3 is 5.97 Å². The number of carbonyl (C=O) groups is 1. The number of rotatable bonds is 4. The molecule has 0 amide bonds. The fraction of sp³-hybridized carbons (Fsp3) is 0.500. The van der Waals surface area contributed by atoms with Crippen molar-refractivity contribution >= 4 is 17.5 Å². The molecule has 0 saturated heterocycles. The van der Waals surface area contributed by atoms with Crippen LogP contribution in [0.2, 0.25) is 0 Å². The molecule has 0 unspecified atom stereocenters. The summed E-state index contributed by atoms with van der Waals surface area (Å²) in [4.78, 5) is 15.8. The third-order valence-corrected chi connectivity index (χ3v) is 2.93. The lowest BCUT2D eigenvalue weighted by Gasteiger charge is -2.27. The average molecular weight is 235 g/mol. The highest BCUT2D eigenvalue weighted by Gasteiger charge is 2.20. The van der Waals surface area contributed by atoms with Gasteiger partial charge in [-0.3, -0.25) is 0 Å². The molecule has 5 heteroatoms.